The molecule has 0 bridgehead atoms. The second kappa shape index (κ2) is 13.2. The number of hydrogen-bond acceptors (Lipinski definition) is 7. The van der Waals surface area contributed by atoms with Gasteiger partial charge in [0.1, 0.15) is 5.75 Å². The summed E-state index contributed by atoms with van der Waals surface area (Å²) in [6.45, 7) is 2.96. The molecule has 1 aliphatic rings. The fraction of sp³-hybridized carbons (Fsp3) is 0.433. The number of unbranched alkanes of at least 4 members (excludes halogenated alkanes) is 2. The van der Waals surface area contributed by atoms with Gasteiger partial charge >= 0.3 is 0 Å². The minimum atomic E-state index is -3.34. The van der Waals surface area contributed by atoms with Gasteiger partial charge in [-0.05, 0) is 49.7 Å². The number of benzene rings is 3. The van der Waals surface area contributed by atoms with Crippen LogP contribution in [-0.2, 0) is 14.6 Å². The number of piperidine rings is 1. The van der Waals surface area contributed by atoms with Crippen molar-refractivity contribution >= 4 is 43.8 Å². The first-order chi connectivity index (χ1) is 19.2. The van der Waals surface area contributed by atoms with Crippen molar-refractivity contribution in [3.8, 4) is 5.75 Å². The lowest BCUT2D eigenvalue weighted by molar-refractivity contribution is -0.0542. The summed E-state index contributed by atoms with van der Waals surface area (Å²) >= 11 is 6.12. The molecular weight excluding hydrogens is 550 g/mol. The molecule has 0 unspecified atom stereocenters. The van der Waals surface area contributed by atoms with Gasteiger partial charge in [0.15, 0.2) is 9.84 Å². The Bertz CT molecular complexity index is 1430. The zero-order valence-electron chi connectivity index (χ0n) is 23.1. The van der Waals surface area contributed by atoms with Crippen LogP contribution in [0.25, 0.3) is 10.8 Å². The number of ether oxygens (including phenoxy) is 2. The van der Waals surface area contributed by atoms with Crippen molar-refractivity contribution in [3.05, 3.63) is 65.2 Å². The molecule has 4 rings (SSSR count). The molecule has 0 aliphatic carbocycles. The molecule has 3 aromatic carbocycles. The lowest BCUT2D eigenvalue weighted by Gasteiger charge is -2.41. The van der Waals surface area contributed by atoms with Crippen LogP contribution >= 0.6 is 11.6 Å². The number of sulfone groups is 1. The quantitative estimate of drug-likeness (QED) is 0.228. The maximum absolute atomic E-state index is 13.0. The molecule has 3 aromatic rings. The van der Waals surface area contributed by atoms with Gasteiger partial charge in [0.25, 0.3) is 5.91 Å². The number of carbonyl (C=O) groups is 1. The molecule has 0 spiro atoms. The zero-order valence-corrected chi connectivity index (χ0v) is 24.7. The summed E-state index contributed by atoms with van der Waals surface area (Å²) in [6.07, 6.45) is 3.96. The van der Waals surface area contributed by atoms with Crippen molar-refractivity contribution < 1.29 is 22.7 Å². The van der Waals surface area contributed by atoms with Gasteiger partial charge in [-0.3, -0.25) is 4.79 Å². The number of fused-ring (bicyclic) bond motifs is 1. The number of nitrogens with one attached hydrogen (secondary N) is 1. The molecular formula is C30H38ClN3O5S. The Hall–Kier alpha value is -2.85. The van der Waals surface area contributed by atoms with Gasteiger partial charge in [-0.1, -0.05) is 54.4 Å². The molecule has 1 heterocycles. The number of nitrogens with two attached hydrogens (primary N) is 1. The molecule has 0 saturated carbocycles. The molecule has 0 aromatic heterocycles. The molecule has 8 nitrogen and oxygen atoms in total. The van der Waals surface area contributed by atoms with Crippen LogP contribution < -0.4 is 15.8 Å². The number of halogens is 1. The van der Waals surface area contributed by atoms with Crippen molar-refractivity contribution in [2.45, 2.75) is 42.6 Å². The summed E-state index contributed by atoms with van der Waals surface area (Å²) < 4.78 is 37.2. The largest absolute Gasteiger partial charge is 0.496 e. The maximum atomic E-state index is 13.0. The van der Waals surface area contributed by atoms with E-state index in [1.807, 2.05) is 30.3 Å². The second-order valence-corrected chi connectivity index (χ2v) is 12.8. The summed E-state index contributed by atoms with van der Waals surface area (Å²) in [5.74, 6) is 0.221. The maximum Gasteiger partial charge on any atom is 0.255 e. The van der Waals surface area contributed by atoms with Gasteiger partial charge in [-0.2, -0.15) is 0 Å². The molecule has 1 amide bonds. The normalized spacial score (nSPS) is 15.7. The Morgan fingerprint density at radius 3 is 2.50 bits per heavy atom. The lowest BCUT2D eigenvalue weighted by atomic mass is 9.90. The number of carbonyl (C=O) groups excluding carboxylic acids is 1. The van der Waals surface area contributed by atoms with Crippen LogP contribution in [0.5, 0.6) is 5.75 Å². The molecule has 0 atom stereocenters. The van der Waals surface area contributed by atoms with Crippen molar-refractivity contribution in [3.63, 3.8) is 0 Å². The van der Waals surface area contributed by atoms with Gasteiger partial charge in [0.05, 0.1) is 39.6 Å². The number of methoxy groups -OCH3 is 2. The number of rotatable bonds is 12. The zero-order chi connectivity index (χ0) is 28.8. The van der Waals surface area contributed by atoms with Crippen LogP contribution in [0.15, 0.2) is 59.5 Å². The highest BCUT2D eigenvalue weighted by Crippen LogP contribution is 2.30. The van der Waals surface area contributed by atoms with Gasteiger partial charge in [0.2, 0.25) is 0 Å². The van der Waals surface area contributed by atoms with Gasteiger partial charge in [0, 0.05) is 38.2 Å². The fourth-order valence-electron chi connectivity index (χ4n) is 5.27. The van der Waals surface area contributed by atoms with Crippen LogP contribution in [-0.4, -0.2) is 71.0 Å². The van der Waals surface area contributed by atoms with E-state index in [4.69, 9.17) is 26.8 Å². The minimum absolute atomic E-state index is 0.150. The van der Waals surface area contributed by atoms with Crippen LogP contribution in [0.3, 0.4) is 0 Å². The number of likely N-dealkylation sites (tertiary alicyclic amines) is 1. The van der Waals surface area contributed by atoms with Gasteiger partial charge in [-0.25, -0.2) is 8.42 Å². The molecule has 40 heavy (non-hydrogen) atoms. The molecule has 0 radical (unpaired) electrons. The number of nitrogen functional groups attached to an aromatic ring is 1. The molecule has 1 saturated heterocycles. The third-order valence-electron chi connectivity index (χ3n) is 7.81. The van der Waals surface area contributed by atoms with Crippen molar-refractivity contribution in [1.29, 1.82) is 0 Å². The SMILES string of the molecule is COc1cc(N)c(Cl)cc1C(=O)NCC1(OC)CCN(CCCCCS(=O)(=O)c2cccc3ccccc23)CC1. The first-order valence-corrected chi connectivity index (χ1v) is 15.6. The summed E-state index contributed by atoms with van der Waals surface area (Å²) in [5, 5.41) is 5.00. The average molecular weight is 588 g/mol. The first-order valence-electron chi connectivity index (χ1n) is 13.6. The Morgan fingerprint density at radius 1 is 1.05 bits per heavy atom. The van der Waals surface area contributed by atoms with Crippen LogP contribution in [0.2, 0.25) is 5.02 Å². The number of hydrogen-bond donors (Lipinski definition) is 2. The average Bonchev–Trinajstić information content (AvgIpc) is 2.97. The fourth-order valence-corrected chi connectivity index (χ4v) is 7.04. The highest BCUT2D eigenvalue weighted by Gasteiger charge is 2.35. The molecule has 10 heteroatoms. The second-order valence-electron chi connectivity index (χ2n) is 10.3. The number of amides is 1. The van der Waals surface area contributed by atoms with Crippen molar-refractivity contribution in [2.75, 3.05) is 51.9 Å². The standard InChI is InChI=1S/C30H38ClN3O5S/c1-38-27-20-26(32)25(31)19-24(27)29(35)33-21-30(39-2)13-16-34(17-14-30)15-6-3-7-18-40(36,37)28-12-8-10-22-9-4-5-11-23(22)28/h4-5,8-12,19-20H,3,6-7,13-18,21,32H2,1-2H3,(H,33,35). The van der Waals surface area contributed by atoms with Crippen molar-refractivity contribution in [2.24, 2.45) is 0 Å². The molecule has 216 valence electrons. The highest BCUT2D eigenvalue weighted by molar-refractivity contribution is 7.91. The molecule has 1 fully saturated rings. The highest BCUT2D eigenvalue weighted by atomic mass is 35.5. The molecule has 1 aliphatic heterocycles. The number of anilines is 1. The first kappa shape index (κ1) is 30.1. The smallest absolute Gasteiger partial charge is 0.255 e. The third kappa shape index (κ3) is 7.07. The van der Waals surface area contributed by atoms with Crippen LogP contribution in [0, 0.1) is 0 Å². The third-order valence-corrected chi connectivity index (χ3v) is 9.99. The minimum Gasteiger partial charge on any atom is -0.496 e. The Morgan fingerprint density at radius 2 is 1.77 bits per heavy atom. The van der Waals surface area contributed by atoms with Crippen molar-refractivity contribution in [1.82, 2.24) is 10.2 Å². The monoisotopic (exact) mass is 587 g/mol. The summed E-state index contributed by atoms with van der Waals surface area (Å²) in [6, 6.07) is 16.1. The molecule has 3 N–H and O–H groups in total. The summed E-state index contributed by atoms with van der Waals surface area (Å²) in [7, 11) is -0.178. The van der Waals surface area contributed by atoms with Crippen LogP contribution in [0.1, 0.15) is 42.5 Å². The van der Waals surface area contributed by atoms with E-state index in [1.54, 1.807) is 25.3 Å². The van der Waals surface area contributed by atoms with E-state index in [-0.39, 0.29) is 11.7 Å². The topological polar surface area (TPSA) is 111 Å². The summed E-state index contributed by atoms with van der Waals surface area (Å²) in [4.78, 5) is 15.7. The van der Waals surface area contributed by atoms with E-state index in [9.17, 15) is 13.2 Å². The van der Waals surface area contributed by atoms with E-state index < -0.39 is 15.4 Å². The Balaban J connectivity index is 1.21. The predicted octanol–water partition coefficient (Wildman–Crippen LogP) is 4.94. The van der Waals surface area contributed by atoms with E-state index in [0.29, 0.717) is 39.9 Å². The Labute approximate surface area is 241 Å². The van der Waals surface area contributed by atoms with E-state index >= 15 is 0 Å². The Kier molecular flexibility index (Phi) is 9.94. The van der Waals surface area contributed by atoms with Crippen LogP contribution in [0.4, 0.5) is 5.69 Å². The van der Waals surface area contributed by atoms with Gasteiger partial charge < -0.3 is 25.4 Å². The lowest BCUT2D eigenvalue weighted by Crippen LogP contribution is -2.52. The van der Waals surface area contributed by atoms with E-state index in [2.05, 4.69) is 10.2 Å². The number of nitrogens with zero attached hydrogens (tertiary/aromatic N) is 1. The predicted molar refractivity (Wildman–Crippen MR) is 160 cm³/mol. The summed E-state index contributed by atoms with van der Waals surface area (Å²) in [5.41, 5.74) is 6.05. The van der Waals surface area contributed by atoms with E-state index in [0.717, 1.165) is 56.1 Å². The van der Waals surface area contributed by atoms with E-state index in [1.165, 1.54) is 13.2 Å². The van der Waals surface area contributed by atoms with Gasteiger partial charge in [-0.15, -0.1) is 0 Å².